The molecule has 2 aromatic rings. The van der Waals surface area contributed by atoms with Crippen molar-refractivity contribution in [3.05, 3.63) is 50.6 Å². The molecule has 0 atom stereocenters. The summed E-state index contributed by atoms with van der Waals surface area (Å²) in [6.45, 7) is 0.723. The van der Waals surface area contributed by atoms with Gasteiger partial charge in [0.05, 0.1) is 6.54 Å². The zero-order valence-electron chi connectivity index (χ0n) is 8.94. The van der Waals surface area contributed by atoms with E-state index in [1.807, 2.05) is 23.6 Å². The van der Waals surface area contributed by atoms with E-state index in [9.17, 15) is 4.79 Å². The molecule has 0 aliphatic rings. The number of carbonyl (C=O) groups is 1. The molecule has 1 aromatic carbocycles. The van der Waals surface area contributed by atoms with E-state index in [0.717, 1.165) is 16.7 Å². The zero-order chi connectivity index (χ0) is 12.3. The van der Waals surface area contributed by atoms with Crippen LogP contribution in [0.3, 0.4) is 0 Å². The summed E-state index contributed by atoms with van der Waals surface area (Å²) in [5.41, 5.74) is 6.63. The van der Waals surface area contributed by atoms with Crippen LogP contribution in [0.25, 0.3) is 0 Å². The number of anilines is 1. The second kappa shape index (κ2) is 5.33. The van der Waals surface area contributed by atoms with E-state index >= 15 is 0 Å². The van der Waals surface area contributed by atoms with Crippen molar-refractivity contribution in [2.45, 2.75) is 6.54 Å². The highest BCUT2D eigenvalue weighted by Gasteiger charge is 2.03. The maximum absolute atomic E-state index is 11.0. The number of primary amides is 1. The summed E-state index contributed by atoms with van der Waals surface area (Å²) in [6, 6.07) is 9.19. The van der Waals surface area contributed by atoms with Gasteiger partial charge in [-0.1, -0.05) is 6.07 Å². The Hall–Kier alpha value is -1.33. The van der Waals surface area contributed by atoms with E-state index in [2.05, 4.69) is 21.2 Å². The molecule has 0 aliphatic heterocycles. The minimum Gasteiger partial charge on any atom is -0.380 e. The molecule has 1 aromatic heterocycles. The van der Waals surface area contributed by atoms with Crippen LogP contribution in [0.15, 0.2) is 40.2 Å². The second-order valence-electron chi connectivity index (χ2n) is 3.49. The molecule has 2 rings (SSSR count). The Balaban J connectivity index is 2.07. The lowest BCUT2D eigenvalue weighted by Crippen LogP contribution is -2.11. The zero-order valence-corrected chi connectivity index (χ0v) is 11.3. The summed E-state index contributed by atoms with van der Waals surface area (Å²) in [5.74, 6) is -0.411. The van der Waals surface area contributed by atoms with Gasteiger partial charge in [-0.05, 0) is 45.6 Å². The summed E-state index contributed by atoms with van der Waals surface area (Å²) in [7, 11) is 0. The molecule has 1 amide bonds. The SMILES string of the molecule is NC(=O)c1cccc(NCc2sccc2Br)c1. The lowest BCUT2D eigenvalue weighted by atomic mass is 10.2. The van der Waals surface area contributed by atoms with Crippen LogP contribution < -0.4 is 11.1 Å². The van der Waals surface area contributed by atoms with Crippen molar-refractivity contribution < 1.29 is 4.79 Å². The number of halogens is 1. The van der Waals surface area contributed by atoms with Crippen LogP contribution >= 0.6 is 27.3 Å². The fourth-order valence-electron chi connectivity index (χ4n) is 1.42. The molecule has 3 nitrogen and oxygen atoms in total. The van der Waals surface area contributed by atoms with Gasteiger partial charge in [-0.2, -0.15) is 0 Å². The molecule has 0 saturated carbocycles. The summed E-state index contributed by atoms with van der Waals surface area (Å²) >= 11 is 5.15. The molecule has 0 fully saturated rings. The minimum atomic E-state index is -0.411. The third-order valence-corrected chi connectivity index (χ3v) is 4.22. The molecule has 0 aliphatic carbocycles. The van der Waals surface area contributed by atoms with Gasteiger partial charge >= 0.3 is 0 Å². The average molecular weight is 311 g/mol. The van der Waals surface area contributed by atoms with Crippen molar-refractivity contribution in [3.63, 3.8) is 0 Å². The molecule has 0 unspecified atom stereocenters. The van der Waals surface area contributed by atoms with Gasteiger partial charge in [0.1, 0.15) is 0 Å². The Labute approximate surface area is 112 Å². The standard InChI is InChI=1S/C12H11BrN2OS/c13-10-4-5-17-11(10)7-15-9-3-1-2-8(6-9)12(14)16/h1-6,15H,7H2,(H2,14,16). The van der Waals surface area contributed by atoms with Crippen LogP contribution in [-0.4, -0.2) is 5.91 Å². The second-order valence-corrected chi connectivity index (χ2v) is 5.35. The molecule has 5 heteroatoms. The van der Waals surface area contributed by atoms with Crippen LogP contribution in [0.4, 0.5) is 5.69 Å². The van der Waals surface area contributed by atoms with Crippen molar-refractivity contribution in [1.29, 1.82) is 0 Å². The van der Waals surface area contributed by atoms with Crippen molar-refractivity contribution in [2.75, 3.05) is 5.32 Å². The van der Waals surface area contributed by atoms with E-state index < -0.39 is 5.91 Å². The van der Waals surface area contributed by atoms with Crippen LogP contribution in [0, 0.1) is 0 Å². The van der Waals surface area contributed by atoms with Gasteiger partial charge in [0, 0.05) is 20.6 Å². The maximum atomic E-state index is 11.0. The third-order valence-electron chi connectivity index (χ3n) is 2.29. The van der Waals surface area contributed by atoms with Crippen LogP contribution in [0.5, 0.6) is 0 Å². The van der Waals surface area contributed by atoms with Crippen LogP contribution in [-0.2, 0) is 6.54 Å². The molecule has 0 spiro atoms. The first kappa shape index (κ1) is 12.1. The molecule has 0 saturated heterocycles. The van der Waals surface area contributed by atoms with E-state index in [1.165, 1.54) is 4.88 Å². The molecule has 1 heterocycles. The fraction of sp³-hybridized carbons (Fsp3) is 0.0833. The number of hydrogen-bond acceptors (Lipinski definition) is 3. The Morgan fingerprint density at radius 3 is 2.88 bits per heavy atom. The molecule has 3 N–H and O–H groups in total. The summed E-state index contributed by atoms with van der Waals surface area (Å²) in [6.07, 6.45) is 0. The first-order chi connectivity index (χ1) is 8.16. The lowest BCUT2D eigenvalue weighted by Gasteiger charge is -2.06. The van der Waals surface area contributed by atoms with E-state index in [1.54, 1.807) is 23.5 Å². The minimum absolute atomic E-state index is 0.411. The van der Waals surface area contributed by atoms with E-state index in [-0.39, 0.29) is 0 Å². The van der Waals surface area contributed by atoms with Gasteiger partial charge in [0.25, 0.3) is 0 Å². The average Bonchev–Trinajstić information content (AvgIpc) is 2.72. The molecule has 17 heavy (non-hydrogen) atoms. The number of nitrogens with one attached hydrogen (secondary N) is 1. The van der Waals surface area contributed by atoms with Crippen LogP contribution in [0.2, 0.25) is 0 Å². The Kier molecular flexibility index (Phi) is 3.81. The van der Waals surface area contributed by atoms with Gasteiger partial charge in [-0.3, -0.25) is 4.79 Å². The molecular weight excluding hydrogens is 300 g/mol. The molecular formula is C12H11BrN2OS. The normalized spacial score (nSPS) is 10.2. The van der Waals surface area contributed by atoms with Gasteiger partial charge < -0.3 is 11.1 Å². The Morgan fingerprint density at radius 2 is 2.24 bits per heavy atom. The van der Waals surface area contributed by atoms with Crippen molar-refractivity contribution in [1.82, 2.24) is 0 Å². The first-order valence-electron chi connectivity index (χ1n) is 5.02. The van der Waals surface area contributed by atoms with E-state index in [0.29, 0.717) is 5.56 Å². The summed E-state index contributed by atoms with van der Waals surface area (Å²) in [4.78, 5) is 12.2. The smallest absolute Gasteiger partial charge is 0.248 e. The topological polar surface area (TPSA) is 55.1 Å². The van der Waals surface area contributed by atoms with Crippen molar-refractivity contribution in [3.8, 4) is 0 Å². The number of rotatable bonds is 4. The summed E-state index contributed by atoms with van der Waals surface area (Å²) in [5, 5.41) is 5.28. The number of carbonyl (C=O) groups excluding carboxylic acids is 1. The number of thiophene rings is 1. The predicted octanol–water partition coefficient (Wildman–Crippen LogP) is 3.22. The first-order valence-corrected chi connectivity index (χ1v) is 6.69. The molecule has 0 radical (unpaired) electrons. The van der Waals surface area contributed by atoms with E-state index in [4.69, 9.17) is 5.73 Å². The Morgan fingerprint density at radius 1 is 1.41 bits per heavy atom. The lowest BCUT2D eigenvalue weighted by molar-refractivity contribution is 0.100. The third kappa shape index (κ3) is 3.08. The number of benzene rings is 1. The number of amides is 1. The highest BCUT2D eigenvalue weighted by Crippen LogP contribution is 2.23. The van der Waals surface area contributed by atoms with Crippen molar-refractivity contribution in [2.24, 2.45) is 5.73 Å². The van der Waals surface area contributed by atoms with Crippen LogP contribution in [0.1, 0.15) is 15.2 Å². The maximum Gasteiger partial charge on any atom is 0.248 e. The largest absolute Gasteiger partial charge is 0.380 e. The molecule has 88 valence electrons. The van der Waals surface area contributed by atoms with Gasteiger partial charge in [0.15, 0.2) is 0 Å². The quantitative estimate of drug-likeness (QED) is 0.911. The summed E-state index contributed by atoms with van der Waals surface area (Å²) < 4.78 is 1.10. The Bertz CT molecular complexity index is 539. The highest BCUT2D eigenvalue weighted by molar-refractivity contribution is 9.10. The van der Waals surface area contributed by atoms with Gasteiger partial charge in [0.2, 0.25) is 5.91 Å². The number of nitrogens with two attached hydrogens (primary N) is 1. The highest BCUT2D eigenvalue weighted by atomic mass is 79.9. The fourth-order valence-corrected chi connectivity index (χ4v) is 2.85. The predicted molar refractivity (Wildman–Crippen MR) is 74.3 cm³/mol. The van der Waals surface area contributed by atoms with Crippen molar-refractivity contribution >= 4 is 38.9 Å². The molecule has 0 bridgehead atoms. The van der Waals surface area contributed by atoms with Gasteiger partial charge in [-0.25, -0.2) is 0 Å². The number of hydrogen-bond donors (Lipinski definition) is 2. The van der Waals surface area contributed by atoms with Gasteiger partial charge in [-0.15, -0.1) is 11.3 Å². The monoisotopic (exact) mass is 310 g/mol.